The summed E-state index contributed by atoms with van der Waals surface area (Å²) in [4.78, 5) is 12.3. The summed E-state index contributed by atoms with van der Waals surface area (Å²) in [7, 11) is 1.81. The number of ketones is 1. The Balaban J connectivity index is 1.64. The van der Waals surface area contributed by atoms with E-state index in [4.69, 9.17) is 11.6 Å². The van der Waals surface area contributed by atoms with Gasteiger partial charge in [-0.3, -0.25) is 4.79 Å². The van der Waals surface area contributed by atoms with Gasteiger partial charge in [0, 0.05) is 23.2 Å². The number of thioether (sulfide) groups is 1. The predicted molar refractivity (Wildman–Crippen MR) is 99.6 cm³/mol. The largest absolute Gasteiger partial charge is 0.435 e. The van der Waals surface area contributed by atoms with Crippen LogP contribution in [0, 0.1) is 0 Å². The SMILES string of the molecule is Cn1c(SCC(=O)c2ccc(OC(F)F)cc2)nnc1-c1ccc(Cl)cc1. The van der Waals surface area contributed by atoms with Crippen molar-refractivity contribution in [3.8, 4) is 17.1 Å². The molecule has 3 aromatic rings. The lowest BCUT2D eigenvalue weighted by atomic mass is 10.1. The zero-order valence-electron chi connectivity index (χ0n) is 14.1. The third kappa shape index (κ3) is 4.84. The molecule has 3 rings (SSSR count). The molecule has 5 nitrogen and oxygen atoms in total. The zero-order valence-corrected chi connectivity index (χ0v) is 15.7. The fourth-order valence-electron chi connectivity index (χ4n) is 2.33. The first kappa shape index (κ1) is 19.3. The highest BCUT2D eigenvalue weighted by molar-refractivity contribution is 7.99. The molecule has 27 heavy (non-hydrogen) atoms. The number of hydrogen-bond acceptors (Lipinski definition) is 5. The maximum atomic E-state index is 12.3. The topological polar surface area (TPSA) is 57.0 Å². The van der Waals surface area contributed by atoms with E-state index < -0.39 is 6.61 Å². The number of hydrogen-bond donors (Lipinski definition) is 0. The Bertz CT molecular complexity index is 931. The van der Waals surface area contributed by atoms with Crippen LogP contribution in [0.4, 0.5) is 8.78 Å². The van der Waals surface area contributed by atoms with Crippen molar-refractivity contribution in [3.63, 3.8) is 0 Å². The minimum atomic E-state index is -2.90. The molecule has 0 aliphatic rings. The molecule has 1 aromatic heterocycles. The van der Waals surface area contributed by atoms with Crippen LogP contribution in [-0.4, -0.2) is 32.9 Å². The van der Waals surface area contributed by atoms with Gasteiger partial charge in [0.1, 0.15) is 5.75 Å². The molecule has 0 unspecified atom stereocenters. The smallest absolute Gasteiger partial charge is 0.387 e. The molecular weight excluding hydrogens is 396 g/mol. The van der Waals surface area contributed by atoms with E-state index in [0.29, 0.717) is 21.6 Å². The number of Topliss-reactive ketones (excluding diaryl/α,β-unsaturated/α-hetero) is 1. The highest BCUT2D eigenvalue weighted by Crippen LogP contribution is 2.24. The molecule has 0 aliphatic carbocycles. The molecule has 0 saturated heterocycles. The van der Waals surface area contributed by atoms with E-state index in [-0.39, 0.29) is 17.3 Å². The van der Waals surface area contributed by atoms with Crippen LogP contribution in [0.25, 0.3) is 11.4 Å². The highest BCUT2D eigenvalue weighted by atomic mass is 35.5. The van der Waals surface area contributed by atoms with Crippen LogP contribution in [0.15, 0.2) is 53.7 Å². The Labute approximate surface area is 163 Å². The quantitative estimate of drug-likeness (QED) is 0.417. The lowest BCUT2D eigenvalue weighted by Crippen LogP contribution is -2.05. The van der Waals surface area contributed by atoms with E-state index in [2.05, 4.69) is 14.9 Å². The van der Waals surface area contributed by atoms with Gasteiger partial charge < -0.3 is 9.30 Å². The summed E-state index contributed by atoms with van der Waals surface area (Å²) < 4.78 is 30.4. The Morgan fingerprint density at radius 2 is 1.81 bits per heavy atom. The second kappa shape index (κ2) is 8.49. The number of nitrogens with zero attached hydrogens (tertiary/aromatic N) is 3. The van der Waals surface area contributed by atoms with E-state index in [1.807, 2.05) is 19.2 Å². The maximum absolute atomic E-state index is 12.3. The Hall–Kier alpha value is -2.45. The highest BCUT2D eigenvalue weighted by Gasteiger charge is 2.14. The van der Waals surface area contributed by atoms with Gasteiger partial charge in [-0.2, -0.15) is 8.78 Å². The summed E-state index contributed by atoms with van der Waals surface area (Å²) in [5, 5.41) is 9.49. The monoisotopic (exact) mass is 409 g/mol. The van der Waals surface area contributed by atoms with Crippen molar-refractivity contribution < 1.29 is 18.3 Å². The molecule has 0 amide bonds. The summed E-state index contributed by atoms with van der Waals surface area (Å²) in [5.41, 5.74) is 1.27. The number of carbonyl (C=O) groups is 1. The maximum Gasteiger partial charge on any atom is 0.387 e. The number of carbonyl (C=O) groups excluding carboxylic acids is 1. The fourth-order valence-corrected chi connectivity index (χ4v) is 3.26. The second-order valence-electron chi connectivity index (χ2n) is 5.49. The molecule has 2 aromatic carbocycles. The molecule has 0 atom stereocenters. The van der Waals surface area contributed by atoms with Crippen molar-refractivity contribution in [2.45, 2.75) is 11.8 Å². The van der Waals surface area contributed by atoms with Crippen molar-refractivity contribution in [2.24, 2.45) is 7.05 Å². The van der Waals surface area contributed by atoms with Crippen LogP contribution in [0.3, 0.4) is 0 Å². The molecule has 0 N–H and O–H groups in total. The second-order valence-corrected chi connectivity index (χ2v) is 6.87. The average Bonchev–Trinajstić information content (AvgIpc) is 3.01. The Kier molecular flexibility index (Phi) is 6.08. The van der Waals surface area contributed by atoms with Crippen LogP contribution in [0.1, 0.15) is 10.4 Å². The first-order chi connectivity index (χ1) is 12.9. The summed E-state index contributed by atoms with van der Waals surface area (Å²) in [5.74, 6) is 0.659. The standard InChI is InChI=1S/C18H14ClF2N3O2S/c1-24-16(12-2-6-13(19)7-3-12)22-23-18(24)27-10-15(25)11-4-8-14(9-5-11)26-17(20)21/h2-9,17H,10H2,1H3. The van der Waals surface area contributed by atoms with Gasteiger partial charge in [0.2, 0.25) is 0 Å². The predicted octanol–water partition coefficient (Wildman–Crippen LogP) is 4.71. The van der Waals surface area contributed by atoms with Gasteiger partial charge in [0.15, 0.2) is 16.8 Å². The van der Waals surface area contributed by atoms with Crippen LogP contribution >= 0.6 is 23.4 Å². The lowest BCUT2D eigenvalue weighted by Gasteiger charge is -2.06. The van der Waals surface area contributed by atoms with Gasteiger partial charge in [-0.25, -0.2) is 0 Å². The van der Waals surface area contributed by atoms with Crippen molar-refractivity contribution in [2.75, 3.05) is 5.75 Å². The molecule has 0 spiro atoms. The molecule has 0 fully saturated rings. The third-order valence-electron chi connectivity index (χ3n) is 3.67. The van der Waals surface area contributed by atoms with Crippen molar-refractivity contribution >= 4 is 29.1 Å². The number of ether oxygens (including phenoxy) is 1. The van der Waals surface area contributed by atoms with Crippen molar-refractivity contribution in [3.05, 3.63) is 59.1 Å². The van der Waals surface area contributed by atoms with Gasteiger partial charge in [-0.05, 0) is 48.5 Å². The molecule has 0 aliphatic heterocycles. The summed E-state index contributed by atoms with van der Waals surface area (Å²) >= 11 is 7.14. The van der Waals surface area contributed by atoms with E-state index in [0.717, 1.165) is 5.56 Å². The Morgan fingerprint density at radius 1 is 1.15 bits per heavy atom. The van der Waals surface area contributed by atoms with E-state index >= 15 is 0 Å². The van der Waals surface area contributed by atoms with Crippen molar-refractivity contribution in [1.82, 2.24) is 14.8 Å². The number of benzene rings is 2. The van der Waals surface area contributed by atoms with E-state index in [1.165, 1.54) is 36.0 Å². The lowest BCUT2D eigenvalue weighted by molar-refractivity contribution is -0.0498. The average molecular weight is 410 g/mol. The molecule has 0 bridgehead atoms. The fraction of sp³-hybridized carbons (Fsp3) is 0.167. The van der Waals surface area contributed by atoms with E-state index in [9.17, 15) is 13.6 Å². The number of rotatable bonds is 7. The zero-order chi connectivity index (χ0) is 19.4. The van der Waals surface area contributed by atoms with Gasteiger partial charge in [-0.1, -0.05) is 23.4 Å². The van der Waals surface area contributed by atoms with E-state index in [1.54, 1.807) is 16.7 Å². The summed E-state index contributed by atoms with van der Waals surface area (Å²) in [6, 6.07) is 12.8. The van der Waals surface area contributed by atoms with Gasteiger partial charge in [0.25, 0.3) is 0 Å². The molecule has 1 heterocycles. The molecular formula is C18H14ClF2N3O2S. The van der Waals surface area contributed by atoms with Crippen LogP contribution in [0.2, 0.25) is 5.02 Å². The minimum Gasteiger partial charge on any atom is -0.435 e. The van der Waals surface area contributed by atoms with Gasteiger partial charge >= 0.3 is 6.61 Å². The molecule has 140 valence electrons. The van der Waals surface area contributed by atoms with Gasteiger partial charge in [-0.15, -0.1) is 10.2 Å². The first-order valence-electron chi connectivity index (χ1n) is 7.80. The first-order valence-corrected chi connectivity index (χ1v) is 9.16. The van der Waals surface area contributed by atoms with Crippen LogP contribution < -0.4 is 4.74 Å². The number of halogens is 3. The summed E-state index contributed by atoms with van der Waals surface area (Å²) in [6.07, 6.45) is 0. The number of alkyl halides is 2. The molecule has 0 saturated carbocycles. The van der Waals surface area contributed by atoms with Crippen LogP contribution in [-0.2, 0) is 7.05 Å². The molecule has 9 heteroatoms. The van der Waals surface area contributed by atoms with Gasteiger partial charge in [0.05, 0.1) is 5.75 Å². The number of aromatic nitrogens is 3. The normalized spacial score (nSPS) is 11.0. The molecule has 0 radical (unpaired) electrons. The Morgan fingerprint density at radius 3 is 2.44 bits per heavy atom. The van der Waals surface area contributed by atoms with Crippen molar-refractivity contribution in [1.29, 1.82) is 0 Å². The summed E-state index contributed by atoms with van der Waals surface area (Å²) in [6.45, 7) is -2.90. The third-order valence-corrected chi connectivity index (χ3v) is 4.94. The minimum absolute atomic E-state index is 0.00936. The van der Waals surface area contributed by atoms with Crippen LogP contribution in [0.5, 0.6) is 5.75 Å².